The van der Waals surface area contributed by atoms with Crippen LogP contribution >= 0.6 is 11.3 Å². The lowest BCUT2D eigenvalue weighted by Crippen LogP contribution is -2.42. The molecule has 0 aliphatic carbocycles. The maximum absolute atomic E-state index is 13.1. The van der Waals surface area contributed by atoms with Gasteiger partial charge in [-0.15, -0.1) is 5.10 Å². The van der Waals surface area contributed by atoms with Crippen LogP contribution in [0.5, 0.6) is 0 Å². The number of nitrogens with zero attached hydrogens (tertiary/aromatic N) is 5. The lowest BCUT2D eigenvalue weighted by atomic mass is 9.96. The number of fused-ring (bicyclic) bond motifs is 1. The first-order valence-electron chi connectivity index (χ1n) is 9.79. The molecular weight excluding hydrogens is 391 g/mol. The standard InChI is InChI=1S/C20H25FN6OS/c1-25(2)12-9-22-18(28)15-7-10-26(11-8-15)20-24-27-13-17(23-19(27)29-20)14-3-5-16(21)6-4-14/h3-6,13,15H,7-12H2,1-2H3,(H,22,28). The van der Waals surface area contributed by atoms with Crippen LogP contribution < -0.4 is 10.2 Å². The van der Waals surface area contributed by atoms with Gasteiger partial charge in [0.1, 0.15) is 5.82 Å². The Morgan fingerprint density at radius 2 is 2.00 bits per heavy atom. The molecule has 0 spiro atoms. The molecule has 9 heteroatoms. The van der Waals surface area contributed by atoms with E-state index in [1.807, 2.05) is 20.3 Å². The van der Waals surface area contributed by atoms with Gasteiger partial charge in [-0.05, 0) is 51.2 Å². The summed E-state index contributed by atoms with van der Waals surface area (Å²) in [7, 11) is 4.00. The van der Waals surface area contributed by atoms with Gasteiger partial charge in [-0.1, -0.05) is 11.3 Å². The van der Waals surface area contributed by atoms with Gasteiger partial charge in [0.2, 0.25) is 16.0 Å². The van der Waals surface area contributed by atoms with Gasteiger partial charge >= 0.3 is 0 Å². The van der Waals surface area contributed by atoms with E-state index in [-0.39, 0.29) is 17.6 Å². The van der Waals surface area contributed by atoms with Crippen LogP contribution in [0.2, 0.25) is 0 Å². The lowest BCUT2D eigenvalue weighted by Gasteiger charge is -2.30. The Labute approximate surface area is 173 Å². The fourth-order valence-corrected chi connectivity index (χ4v) is 4.39. The van der Waals surface area contributed by atoms with Crippen LogP contribution in [0.1, 0.15) is 12.8 Å². The number of aromatic nitrogens is 3. The Morgan fingerprint density at radius 1 is 1.28 bits per heavy atom. The van der Waals surface area contributed by atoms with Crippen LogP contribution in [-0.4, -0.2) is 65.7 Å². The molecule has 7 nitrogen and oxygen atoms in total. The number of likely N-dealkylation sites (N-methyl/N-ethyl adjacent to an activating group) is 1. The van der Waals surface area contributed by atoms with Crippen molar-refractivity contribution in [2.45, 2.75) is 12.8 Å². The summed E-state index contributed by atoms with van der Waals surface area (Å²) in [4.78, 5) is 22.0. The summed E-state index contributed by atoms with van der Waals surface area (Å²) in [5, 5.41) is 8.61. The number of rotatable bonds is 6. The molecule has 1 aromatic carbocycles. The second-order valence-electron chi connectivity index (χ2n) is 7.60. The van der Waals surface area contributed by atoms with Crippen molar-refractivity contribution < 1.29 is 9.18 Å². The van der Waals surface area contributed by atoms with E-state index in [1.165, 1.54) is 23.5 Å². The summed E-state index contributed by atoms with van der Waals surface area (Å²) in [5.41, 5.74) is 1.65. The van der Waals surface area contributed by atoms with Gasteiger partial charge < -0.3 is 15.1 Å². The molecule has 4 rings (SSSR count). The highest BCUT2D eigenvalue weighted by molar-refractivity contribution is 7.20. The van der Waals surface area contributed by atoms with Crippen molar-refractivity contribution in [3.05, 3.63) is 36.3 Å². The summed E-state index contributed by atoms with van der Waals surface area (Å²) in [6.07, 6.45) is 3.53. The maximum Gasteiger partial charge on any atom is 0.223 e. The molecule has 0 unspecified atom stereocenters. The van der Waals surface area contributed by atoms with E-state index >= 15 is 0 Å². The quantitative estimate of drug-likeness (QED) is 0.669. The van der Waals surface area contributed by atoms with Gasteiger partial charge in [-0.3, -0.25) is 4.79 Å². The Balaban J connectivity index is 1.35. The molecular formula is C20H25FN6OS. The minimum absolute atomic E-state index is 0.0718. The Kier molecular flexibility index (Phi) is 5.77. The van der Waals surface area contributed by atoms with Crippen LogP contribution in [0, 0.1) is 11.7 Å². The molecule has 154 valence electrons. The van der Waals surface area contributed by atoms with E-state index in [2.05, 4.69) is 25.2 Å². The van der Waals surface area contributed by atoms with E-state index in [0.29, 0.717) is 6.54 Å². The third kappa shape index (κ3) is 4.56. The number of carbonyl (C=O) groups is 1. The molecule has 29 heavy (non-hydrogen) atoms. The zero-order valence-electron chi connectivity index (χ0n) is 16.6. The smallest absolute Gasteiger partial charge is 0.223 e. The first-order valence-corrected chi connectivity index (χ1v) is 10.6. The Hall–Kier alpha value is -2.52. The molecule has 1 N–H and O–H groups in total. The van der Waals surface area contributed by atoms with Crippen LogP contribution in [-0.2, 0) is 4.79 Å². The fraction of sp³-hybridized carbons (Fsp3) is 0.450. The molecule has 1 aliphatic heterocycles. The monoisotopic (exact) mass is 416 g/mol. The van der Waals surface area contributed by atoms with Crippen molar-refractivity contribution in [3.8, 4) is 11.3 Å². The van der Waals surface area contributed by atoms with E-state index < -0.39 is 0 Å². The number of anilines is 1. The number of benzene rings is 1. The Morgan fingerprint density at radius 3 is 2.66 bits per heavy atom. The topological polar surface area (TPSA) is 65.8 Å². The molecule has 2 aromatic heterocycles. The van der Waals surface area contributed by atoms with Gasteiger partial charge in [0.05, 0.1) is 11.9 Å². The van der Waals surface area contributed by atoms with Crippen molar-refractivity contribution in [1.29, 1.82) is 0 Å². The van der Waals surface area contributed by atoms with Gasteiger partial charge in [0.25, 0.3) is 0 Å². The summed E-state index contributed by atoms with van der Waals surface area (Å²) < 4.78 is 14.9. The molecule has 1 aliphatic rings. The molecule has 3 heterocycles. The third-order valence-electron chi connectivity index (χ3n) is 5.17. The zero-order chi connectivity index (χ0) is 20.4. The second kappa shape index (κ2) is 8.46. The highest BCUT2D eigenvalue weighted by atomic mass is 32.1. The normalized spacial score (nSPS) is 15.4. The lowest BCUT2D eigenvalue weighted by molar-refractivity contribution is -0.125. The summed E-state index contributed by atoms with van der Waals surface area (Å²) in [6, 6.07) is 6.30. The maximum atomic E-state index is 13.1. The van der Waals surface area contributed by atoms with Gasteiger partial charge in [0, 0.05) is 37.7 Å². The minimum Gasteiger partial charge on any atom is -0.355 e. The van der Waals surface area contributed by atoms with E-state index in [4.69, 9.17) is 0 Å². The number of imidazole rings is 1. The average Bonchev–Trinajstić information content (AvgIpc) is 3.27. The van der Waals surface area contributed by atoms with Crippen molar-refractivity contribution >= 4 is 27.3 Å². The average molecular weight is 417 g/mol. The SMILES string of the molecule is CN(C)CCNC(=O)C1CCN(c2nn3cc(-c4ccc(F)cc4)nc3s2)CC1. The molecule has 0 atom stereocenters. The Bertz CT molecular complexity index is 943. The number of halogens is 1. The number of nitrogens with one attached hydrogen (secondary N) is 1. The second-order valence-corrected chi connectivity index (χ2v) is 8.53. The molecule has 1 saturated heterocycles. The summed E-state index contributed by atoms with van der Waals surface area (Å²) in [5.74, 6) is -0.0307. The van der Waals surface area contributed by atoms with E-state index in [1.54, 1.807) is 16.6 Å². The van der Waals surface area contributed by atoms with Gasteiger partial charge in [-0.25, -0.2) is 13.9 Å². The molecule has 0 radical (unpaired) electrons. The number of carbonyl (C=O) groups excluding carboxylic acids is 1. The van der Waals surface area contributed by atoms with Gasteiger partial charge in [-0.2, -0.15) is 0 Å². The zero-order valence-corrected chi connectivity index (χ0v) is 17.5. The first-order chi connectivity index (χ1) is 14.0. The highest BCUT2D eigenvalue weighted by Crippen LogP contribution is 2.29. The van der Waals surface area contributed by atoms with Crippen molar-refractivity contribution in [2.24, 2.45) is 5.92 Å². The van der Waals surface area contributed by atoms with Gasteiger partial charge in [0.15, 0.2) is 0 Å². The molecule has 0 bridgehead atoms. The third-order valence-corrected chi connectivity index (χ3v) is 6.15. The molecule has 0 saturated carbocycles. The predicted molar refractivity (Wildman–Crippen MR) is 113 cm³/mol. The number of hydrogen-bond acceptors (Lipinski definition) is 6. The van der Waals surface area contributed by atoms with Crippen molar-refractivity contribution in [3.63, 3.8) is 0 Å². The van der Waals surface area contributed by atoms with Crippen LogP contribution in [0.3, 0.4) is 0 Å². The predicted octanol–water partition coefficient (Wildman–Crippen LogP) is 2.49. The number of piperidine rings is 1. The molecule has 1 amide bonds. The van der Waals surface area contributed by atoms with E-state index in [9.17, 15) is 9.18 Å². The van der Waals surface area contributed by atoms with Crippen LogP contribution in [0.4, 0.5) is 9.52 Å². The van der Waals surface area contributed by atoms with Crippen molar-refractivity contribution in [2.75, 3.05) is 45.2 Å². The van der Waals surface area contributed by atoms with E-state index in [0.717, 1.165) is 53.8 Å². The summed E-state index contributed by atoms with van der Waals surface area (Å²) >= 11 is 1.54. The molecule has 3 aromatic rings. The number of hydrogen-bond donors (Lipinski definition) is 1. The van der Waals surface area contributed by atoms with Crippen LogP contribution in [0.25, 0.3) is 16.2 Å². The summed E-state index contributed by atoms with van der Waals surface area (Å²) in [6.45, 7) is 3.16. The van der Waals surface area contributed by atoms with Crippen LogP contribution in [0.15, 0.2) is 30.5 Å². The fourth-order valence-electron chi connectivity index (χ4n) is 3.46. The largest absolute Gasteiger partial charge is 0.355 e. The first kappa shape index (κ1) is 19.8. The number of amides is 1. The molecule has 1 fully saturated rings. The minimum atomic E-state index is -0.259. The van der Waals surface area contributed by atoms with Crippen molar-refractivity contribution in [1.82, 2.24) is 24.8 Å². The highest BCUT2D eigenvalue weighted by Gasteiger charge is 2.26.